The van der Waals surface area contributed by atoms with E-state index in [1.165, 1.54) is 17.8 Å². The van der Waals surface area contributed by atoms with Crippen LogP contribution in [0.4, 0.5) is 15.8 Å². The minimum atomic E-state index is -0.803. The maximum Gasteiger partial charge on any atom is 0.304 e. The molecule has 2 heterocycles. The predicted molar refractivity (Wildman–Crippen MR) is 132 cm³/mol. The van der Waals surface area contributed by atoms with E-state index >= 15 is 0 Å². The van der Waals surface area contributed by atoms with Gasteiger partial charge in [-0.1, -0.05) is 12.1 Å². The summed E-state index contributed by atoms with van der Waals surface area (Å²) in [6.45, 7) is 5.18. The Morgan fingerprint density at radius 3 is 2.53 bits per heavy atom. The normalized spacial score (nSPS) is 14.5. The molecule has 0 radical (unpaired) electrons. The Morgan fingerprint density at radius 1 is 1.09 bits per heavy atom. The van der Waals surface area contributed by atoms with Crippen molar-refractivity contribution in [3.63, 3.8) is 0 Å². The topological polar surface area (TPSA) is 79.1 Å². The summed E-state index contributed by atoms with van der Waals surface area (Å²) in [4.78, 5) is 18.6. The summed E-state index contributed by atoms with van der Waals surface area (Å²) in [5.74, 6) is -1.09. The fourth-order valence-electron chi connectivity index (χ4n) is 3.84. The van der Waals surface area contributed by atoms with Crippen LogP contribution in [0.15, 0.2) is 58.9 Å². The third kappa shape index (κ3) is 6.53. The van der Waals surface area contributed by atoms with Gasteiger partial charge in [-0.05, 0) is 54.9 Å². The molecule has 0 spiro atoms. The zero-order chi connectivity index (χ0) is 23.8. The van der Waals surface area contributed by atoms with Crippen LogP contribution in [-0.2, 0) is 16.1 Å². The maximum absolute atomic E-state index is 13.3. The number of aliphatic carboxylic acids is 1. The number of halogens is 1. The molecule has 1 aliphatic rings. The van der Waals surface area contributed by atoms with E-state index in [9.17, 15) is 9.18 Å². The van der Waals surface area contributed by atoms with E-state index in [0.29, 0.717) is 18.8 Å². The van der Waals surface area contributed by atoms with Crippen LogP contribution in [0.3, 0.4) is 0 Å². The van der Waals surface area contributed by atoms with Crippen LogP contribution >= 0.6 is 11.3 Å². The number of hydrogen-bond acceptors (Lipinski definition) is 6. The standard InChI is InChI=1S/C25H29FN4O3S/c26-20-4-6-21(7-5-20)28-25-30(13-1-11-27-12-10-24(31)32)23(18-34-25)19-2-8-22(9-3-19)29-14-16-33-17-15-29/h2-9,18,27H,1,10-17H2,(H,31,32)/b28-25-. The largest absolute Gasteiger partial charge is 0.481 e. The van der Waals surface area contributed by atoms with Gasteiger partial charge < -0.3 is 24.6 Å². The number of ether oxygens (including phenoxy) is 1. The molecule has 2 N–H and O–H groups in total. The number of benzene rings is 2. The molecule has 0 bridgehead atoms. The molecule has 1 fully saturated rings. The van der Waals surface area contributed by atoms with Crippen molar-refractivity contribution < 1.29 is 19.0 Å². The lowest BCUT2D eigenvalue weighted by Gasteiger charge is -2.28. The van der Waals surface area contributed by atoms with Crippen LogP contribution < -0.4 is 15.0 Å². The number of hydrogen-bond donors (Lipinski definition) is 2. The Labute approximate surface area is 202 Å². The number of nitrogens with zero attached hydrogens (tertiary/aromatic N) is 3. The number of anilines is 1. The molecule has 1 aliphatic heterocycles. The monoisotopic (exact) mass is 484 g/mol. The van der Waals surface area contributed by atoms with Crippen LogP contribution in [0.2, 0.25) is 0 Å². The highest BCUT2D eigenvalue weighted by molar-refractivity contribution is 7.07. The van der Waals surface area contributed by atoms with Gasteiger partial charge in [0.15, 0.2) is 4.80 Å². The van der Waals surface area contributed by atoms with Gasteiger partial charge >= 0.3 is 5.97 Å². The first kappa shape index (κ1) is 24.1. The second-order valence-electron chi connectivity index (χ2n) is 8.04. The molecule has 0 aliphatic carbocycles. The molecule has 1 saturated heterocycles. The van der Waals surface area contributed by atoms with Gasteiger partial charge in [-0.15, -0.1) is 11.3 Å². The lowest BCUT2D eigenvalue weighted by atomic mass is 10.1. The third-order valence-electron chi connectivity index (χ3n) is 5.64. The summed E-state index contributed by atoms with van der Waals surface area (Å²) in [7, 11) is 0. The van der Waals surface area contributed by atoms with Crippen molar-refractivity contribution in [2.24, 2.45) is 4.99 Å². The van der Waals surface area contributed by atoms with Gasteiger partial charge in [0.1, 0.15) is 5.82 Å². The number of carboxylic acid groups (broad SMARTS) is 1. The van der Waals surface area contributed by atoms with Crippen LogP contribution in [0.25, 0.3) is 11.3 Å². The van der Waals surface area contributed by atoms with Crippen LogP contribution in [0.5, 0.6) is 0 Å². The molecule has 0 atom stereocenters. The minimum absolute atomic E-state index is 0.109. The van der Waals surface area contributed by atoms with E-state index in [4.69, 9.17) is 14.8 Å². The number of carbonyl (C=O) groups is 1. The molecule has 2 aromatic carbocycles. The Morgan fingerprint density at radius 2 is 1.82 bits per heavy atom. The van der Waals surface area contributed by atoms with Crippen LogP contribution in [-0.4, -0.2) is 55.0 Å². The van der Waals surface area contributed by atoms with Crippen molar-refractivity contribution in [2.75, 3.05) is 44.3 Å². The molecule has 0 amide bonds. The van der Waals surface area contributed by atoms with Crippen molar-refractivity contribution in [3.05, 3.63) is 64.5 Å². The molecule has 0 unspecified atom stereocenters. The van der Waals surface area contributed by atoms with E-state index in [1.807, 2.05) is 0 Å². The highest BCUT2D eigenvalue weighted by atomic mass is 32.1. The maximum atomic E-state index is 13.3. The first-order chi connectivity index (χ1) is 16.6. The van der Waals surface area contributed by atoms with E-state index in [0.717, 1.165) is 55.3 Å². The second kappa shape index (κ2) is 11.9. The number of aromatic nitrogens is 1. The van der Waals surface area contributed by atoms with Crippen molar-refractivity contribution in [1.29, 1.82) is 0 Å². The highest BCUT2D eigenvalue weighted by Gasteiger charge is 2.13. The molecule has 180 valence electrons. The third-order valence-corrected chi connectivity index (χ3v) is 6.50. The smallest absolute Gasteiger partial charge is 0.304 e. The zero-order valence-electron chi connectivity index (χ0n) is 19.0. The number of rotatable bonds is 10. The Balaban J connectivity index is 1.55. The molecule has 0 saturated carbocycles. The number of thiazole rings is 1. The number of morpholine rings is 1. The molecular formula is C25H29FN4O3S. The lowest BCUT2D eigenvalue weighted by Crippen LogP contribution is -2.36. The SMILES string of the molecule is O=C(O)CCNCCCn1c(-c2ccc(N3CCOCC3)cc2)cs/c1=N\c1ccc(F)cc1. The Bertz CT molecular complexity index is 1140. The van der Waals surface area contributed by atoms with Crippen molar-refractivity contribution in [1.82, 2.24) is 9.88 Å². The molecule has 1 aromatic heterocycles. The van der Waals surface area contributed by atoms with Gasteiger partial charge in [0, 0.05) is 37.2 Å². The van der Waals surface area contributed by atoms with Gasteiger partial charge in [0.25, 0.3) is 0 Å². The fraction of sp³-hybridized carbons (Fsp3) is 0.360. The average Bonchev–Trinajstić information content (AvgIpc) is 3.25. The zero-order valence-corrected chi connectivity index (χ0v) is 19.8. The molecule has 9 heteroatoms. The van der Waals surface area contributed by atoms with E-state index in [2.05, 4.69) is 44.4 Å². The second-order valence-corrected chi connectivity index (χ2v) is 8.87. The predicted octanol–water partition coefficient (Wildman–Crippen LogP) is 3.88. The van der Waals surface area contributed by atoms with Crippen LogP contribution in [0.1, 0.15) is 12.8 Å². The summed E-state index contributed by atoms with van der Waals surface area (Å²) in [5.41, 5.74) is 4.07. The quantitative estimate of drug-likeness (QED) is 0.427. The summed E-state index contributed by atoms with van der Waals surface area (Å²) in [6, 6.07) is 14.7. The first-order valence-corrected chi connectivity index (χ1v) is 12.3. The fourth-order valence-corrected chi connectivity index (χ4v) is 4.79. The molecule has 3 aromatic rings. The van der Waals surface area contributed by atoms with E-state index in [-0.39, 0.29) is 12.2 Å². The molecule has 7 nitrogen and oxygen atoms in total. The number of carboxylic acids is 1. The lowest BCUT2D eigenvalue weighted by molar-refractivity contribution is -0.136. The Kier molecular flexibility index (Phi) is 8.46. The summed E-state index contributed by atoms with van der Waals surface area (Å²) in [6.07, 6.45) is 0.934. The van der Waals surface area contributed by atoms with Gasteiger partial charge in [-0.25, -0.2) is 9.38 Å². The first-order valence-electron chi connectivity index (χ1n) is 11.4. The van der Waals surface area contributed by atoms with Gasteiger partial charge in [0.2, 0.25) is 0 Å². The average molecular weight is 485 g/mol. The van der Waals surface area contributed by atoms with E-state index < -0.39 is 5.97 Å². The summed E-state index contributed by atoms with van der Waals surface area (Å²) >= 11 is 1.55. The summed E-state index contributed by atoms with van der Waals surface area (Å²) in [5, 5.41) is 14.1. The highest BCUT2D eigenvalue weighted by Crippen LogP contribution is 2.25. The van der Waals surface area contributed by atoms with Crippen LogP contribution in [0, 0.1) is 5.82 Å². The van der Waals surface area contributed by atoms with Gasteiger partial charge in [-0.2, -0.15) is 0 Å². The minimum Gasteiger partial charge on any atom is -0.481 e. The molecule has 4 rings (SSSR count). The van der Waals surface area contributed by atoms with Gasteiger partial charge in [-0.3, -0.25) is 4.79 Å². The summed E-state index contributed by atoms with van der Waals surface area (Å²) < 4.78 is 20.9. The van der Waals surface area contributed by atoms with Crippen molar-refractivity contribution in [2.45, 2.75) is 19.4 Å². The number of nitrogens with one attached hydrogen (secondary N) is 1. The van der Waals surface area contributed by atoms with Crippen molar-refractivity contribution in [3.8, 4) is 11.3 Å². The molecular weight excluding hydrogens is 455 g/mol. The Hall–Kier alpha value is -3.01. The molecule has 34 heavy (non-hydrogen) atoms. The van der Waals surface area contributed by atoms with Crippen molar-refractivity contribution >= 4 is 28.7 Å². The van der Waals surface area contributed by atoms with E-state index in [1.54, 1.807) is 23.5 Å². The van der Waals surface area contributed by atoms with Gasteiger partial charge in [0.05, 0.1) is 31.0 Å².